The van der Waals surface area contributed by atoms with Gasteiger partial charge in [0.25, 0.3) is 5.56 Å². The maximum absolute atomic E-state index is 12.4. The number of benzene rings is 1. The molecule has 1 fully saturated rings. The van der Waals surface area contributed by atoms with Crippen molar-refractivity contribution in [2.24, 2.45) is 5.92 Å². The Morgan fingerprint density at radius 1 is 1.33 bits per heavy atom. The van der Waals surface area contributed by atoms with E-state index in [9.17, 15) is 9.90 Å². The summed E-state index contributed by atoms with van der Waals surface area (Å²) in [5.74, 6) is 0.367. The van der Waals surface area contributed by atoms with E-state index in [1.165, 1.54) is 0 Å². The summed E-state index contributed by atoms with van der Waals surface area (Å²) < 4.78 is 1.66. The van der Waals surface area contributed by atoms with Crippen molar-refractivity contribution in [2.75, 3.05) is 19.6 Å². The number of fused-ring (bicyclic) bond motifs is 1. The summed E-state index contributed by atoms with van der Waals surface area (Å²) in [7, 11) is 0. The fraction of sp³-hybridized carbons (Fsp3) is 0.500. The first kappa shape index (κ1) is 14.2. The second-order valence-electron chi connectivity index (χ2n) is 5.89. The van der Waals surface area contributed by atoms with Crippen LogP contribution in [-0.2, 0) is 6.54 Å². The Balaban J connectivity index is 1.71. The first-order chi connectivity index (χ1) is 10.1. The molecule has 5 heteroatoms. The highest BCUT2D eigenvalue weighted by molar-refractivity contribution is 5.76. The number of likely N-dealkylation sites (tertiary alicyclic amines) is 1. The number of rotatable bonds is 3. The molecule has 1 aliphatic rings. The summed E-state index contributed by atoms with van der Waals surface area (Å²) >= 11 is 0. The molecular weight excluding hydrogens is 266 g/mol. The lowest BCUT2D eigenvalue weighted by Crippen LogP contribution is -2.44. The molecule has 0 radical (unpaired) electrons. The molecule has 2 heterocycles. The summed E-state index contributed by atoms with van der Waals surface area (Å²) in [5.41, 5.74) is 0.743. The van der Waals surface area contributed by atoms with Crippen molar-refractivity contribution in [1.29, 1.82) is 0 Å². The third-order valence-corrected chi connectivity index (χ3v) is 4.39. The van der Waals surface area contributed by atoms with Gasteiger partial charge in [-0.3, -0.25) is 14.3 Å². The van der Waals surface area contributed by atoms with E-state index < -0.39 is 0 Å². The molecule has 3 rings (SSSR count). The maximum Gasteiger partial charge on any atom is 0.261 e. The zero-order valence-electron chi connectivity index (χ0n) is 12.3. The number of hydrogen-bond acceptors (Lipinski definition) is 4. The molecule has 1 N–H and O–H groups in total. The minimum atomic E-state index is -0.259. The molecule has 0 spiro atoms. The smallest absolute Gasteiger partial charge is 0.261 e. The van der Waals surface area contributed by atoms with Gasteiger partial charge in [-0.2, -0.15) is 0 Å². The van der Waals surface area contributed by atoms with Crippen LogP contribution >= 0.6 is 0 Å². The third-order valence-electron chi connectivity index (χ3n) is 4.39. The predicted molar refractivity (Wildman–Crippen MR) is 82.2 cm³/mol. The van der Waals surface area contributed by atoms with Crippen LogP contribution < -0.4 is 5.56 Å². The quantitative estimate of drug-likeness (QED) is 0.918. The Hall–Kier alpha value is -1.72. The molecule has 21 heavy (non-hydrogen) atoms. The Kier molecular flexibility index (Phi) is 4.03. The predicted octanol–water partition coefficient (Wildman–Crippen LogP) is 1.10. The van der Waals surface area contributed by atoms with Gasteiger partial charge in [-0.1, -0.05) is 19.1 Å². The van der Waals surface area contributed by atoms with Gasteiger partial charge < -0.3 is 5.11 Å². The van der Waals surface area contributed by atoms with Gasteiger partial charge >= 0.3 is 0 Å². The average Bonchev–Trinajstić information content (AvgIpc) is 2.50. The summed E-state index contributed by atoms with van der Waals surface area (Å²) in [6, 6.07) is 7.41. The minimum Gasteiger partial charge on any atom is -0.392 e. The van der Waals surface area contributed by atoms with Gasteiger partial charge in [0, 0.05) is 19.6 Å². The molecule has 2 aromatic rings. The number of aliphatic hydroxyl groups excluding tert-OH is 1. The van der Waals surface area contributed by atoms with Gasteiger partial charge in [0.2, 0.25) is 0 Å². The van der Waals surface area contributed by atoms with Crippen molar-refractivity contribution >= 4 is 10.9 Å². The first-order valence-electron chi connectivity index (χ1n) is 7.50. The standard InChI is InChI=1S/C16H21N3O2/c1-12-6-7-18(10-15(12)20)8-9-19-11-17-14-5-3-2-4-13(14)16(19)21/h2-5,11-12,15,20H,6-10H2,1H3. The van der Waals surface area contributed by atoms with E-state index in [1.54, 1.807) is 10.9 Å². The van der Waals surface area contributed by atoms with Crippen LogP contribution in [0.1, 0.15) is 13.3 Å². The monoisotopic (exact) mass is 287 g/mol. The van der Waals surface area contributed by atoms with E-state index in [0.717, 1.165) is 25.0 Å². The second kappa shape index (κ2) is 5.95. The van der Waals surface area contributed by atoms with Crippen molar-refractivity contribution in [3.05, 3.63) is 40.9 Å². The van der Waals surface area contributed by atoms with Crippen molar-refractivity contribution in [2.45, 2.75) is 26.0 Å². The molecule has 2 unspecified atom stereocenters. The molecule has 1 aromatic carbocycles. The van der Waals surface area contributed by atoms with E-state index in [2.05, 4.69) is 16.8 Å². The van der Waals surface area contributed by atoms with Crippen molar-refractivity contribution in [3.8, 4) is 0 Å². The Bertz CT molecular complexity index is 683. The van der Waals surface area contributed by atoms with Crippen LogP contribution in [0.15, 0.2) is 35.4 Å². The van der Waals surface area contributed by atoms with E-state index in [4.69, 9.17) is 0 Å². The zero-order valence-corrected chi connectivity index (χ0v) is 12.3. The number of aliphatic hydroxyl groups is 1. The van der Waals surface area contributed by atoms with Crippen LogP contribution in [0.3, 0.4) is 0 Å². The Morgan fingerprint density at radius 2 is 2.14 bits per heavy atom. The van der Waals surface area contributed by atoms with Crippen LogP contribution in [0.5, 0.6) is 0 Å². The third kappa shape index (κ3) is 2.99. The Labute approximate surface area is 123 Å². The van der Waals surface area contributed by atoms with Crippen molar-refractivity contribution in [3.63, 3.8) is 0 Å². The van der Waals surface area contributed by atoms with Crippen LogP contribution in [0.25, 0.3) is 10.9 Å². The topological polar surface area (TPSA) is 58.4 Å². The molecule has 0 aliphatic carbocycles. The molecule has 1 aromatic heterocycles. The summed E-state index contributed by atoms with van der Waals surface area (Å²) in [4.78, 5) is 18.9. The van der Waals surface area contributed by atoms with Crippen molar-refractivity contribution < 1.29 is 5.11 Å². The van der Waals surface area contributed by atoms with Crippen LogP contribution in [-0.4, -0.2) is 45.3 Å². The van der Waals surface area contributed by atoms with Gasteiger partial charge in [0.1, 0.15) is 0 Å². The number of hydrogen-bond donors (Lipinski definition) is 1. The number of piperidine rings is 1. The fourth-order valence-electron chi connectivity index (χ4n) is 2.83. The highest BCUT2D eigenvalue weighted by Crippen LogP contribution is 2.16. The molecule has 0 bridgehead atoms. The molecule has 1 aliphatic heterocycles. The lowest BCUT2D eigenvalue weighted by molar-refractivity contribution is 0.0278. The summed E-state index contributed by atoms with van der Waals surface area (Å²) in [5, 5.41) is 10.6. The number of aromatic nitrogens is 2. The SMILES string of the molecule is CC1CCN(CCn2cnc3ccccc3c2=O)CC1O. The largest absolute Gasteiger partial charge is 0.392 e. The first-order valence-corrected chi connectivity index (χ1v) is 7.50. The van der Waals surface area contributed by atoms with E-state index >= 15 is 0 Å². The number of nitrogens with zero attached hydrogens (tertiary/aromatic N) is 3. The molecular formula is C16H21N3O2. The lowest BCUT2D eigenvalue weighted by Gasteiger charge is -2.34. The van der Waals surface area contributed by atoms with Gasteiger partial charge in [0.05, 0.1) is 23.3 Å². The van der Waals surface area contributed by atoms with E-state index in [0.29, 0.717) is 24.4 Å². The van der Waals surface area contributed by atoms with Gasteiger partial charge in [-0.05, 0) is 31.0 Å². The molecule has 5 nitrogen and oxygen atoms in total. The van der Waals surface area contributed by atoms with E-state index in [-0.39, 0.29) is 11.7 Å². The van der Waals surface area contributed by atoms with Gasteiger partial charge in [-0.15, -0.1) is 0 Å². The van der Waals surface area contributed by atoms with Crippen LogP contribution in [0.2, 0.25) is 0 Å². The van der Waals surface area contributed by atoms with Gasteiger partial charge in [0.15, 0.2) is 0 Å². The summed E-state index contributed by atoms with van der Waals surface area (Å²) in [6.07, 6.45) is 2.37. The van der Waals surface area contributed by atoms with Crippen molar-refractivity contribution in [1.82, 2.24) is 14.5 Å². The maximum atomic E-state index is 12.4. The van der Waals surface area contributed by atoms with Gasteiger partial charge in [-0.25, -0.2) is 4.98 Å². The molecule has 112 valence electrons. The van der Waals surface area contributed by atoms with Crippen LogP contribution in [0.4, 0.5) is 0 Å². The number of para-hydroxylation sites is 1. The molecule has 0 saturated carbocycles. The van der Waals surface area contributed by atoms with E-state index in [1.807, 2.05) is 24.3 Å². The minimum absolute atomic E-state index is 0.00604. The zero-order chi connectivity index (χ0) is 14.8. The lowest BCUT2D eigenvalue weighted by atomic mass is 9.96. The highest BCUT2D eigenvalue weighted by atomic mass is 16.3. The summed E-state index contributed by atoms with van der Waals surface area (Å²) in [6.45, 7) is 5.13. The Morgan fingerprint density at radius 3 is 2.95 bits per heavy atom. The highest BCUT2D eigenvalue weighted by Gasteiger charge is 2.23. The second-order valence-corrected chi connectivity index (χ2v) is 5.89. The molecule has 0 amide bonds. The molecule has 2 atom stereocenters. The normalized spacial score (nSPS) is 23.5. The number of β-amino-alcohol motifs (C(OH)–C–C–N with tert-alkyl or cyclic N) is 1. The molecule has 1 saturated heterocycles. The van der Waals surface area contributed by atoms with Crippen LogP contribution in [0, 0.1) is 5.92 Å². The fourth-order valence-corrected chi connectivity index (χ4v) is 2.83. The average molecular weight is 287 g/mol.